The predicted molar refractivity (Wildman–Crippen MR) is 106 cm³/mol. The number of imide groups is 1. The highest BCUT2D eigenvalue weighted by molar-refractivity contribution is 6.23. The lowest BCUT2D eigenvalue weighted by atomic mass is 9.63. The summed E-state index contributed by atoms with van der Waals surface area (Å²) < 4.78 is 41.4. The molecule has 1 aromatic heterocycles. The van der Waals surface area contributed by atoms with Crippen LogP contribution in [0.4, 0.5) is 5.69 Å². The quantitative estimate of drug-likeness (QED) is 0.306. The Morgan fingerprint density at radius 3 is 2.06 bits per heavy atom. The van der Waals surface area contributed by atoms with E-state index in [0.29, 0.717) is 11.4 Å². The summed E-state index contributed by atoms with van der Waals surface area (Å²) in [6.07, 6.45) is 2.03. The van der Waals surface area contributed by atoms with Crippen LogP contribution < -0.4 is 32.8 Å². The van der Waals surface area contributed by atoms with Gasteiger partial charge in [0.2, 0.25) is 11.8 Å². The minimum atomic E-state index is -4.94. The number of ether oxygens (including phenoxy) is 1. The molecule has 4 atom stereocenters. The number of hydrogen-bond donors (Lipinski definition) is 0. The lowest BCUT2D eigenvalue weighted by Crippen LogP contribution is -2.68. The molecular weight excluding hydrogens is 464 g/mol. The van der Waals surface area contributed by atoms with Crippen molar-refractivity contribution >= 4 is 17.5 Å². The van der Waals surface area contributed by atoms with E-state index in [2.05, 4.69) is 22.8 Å². The van der Waals surface area contributed by atoms with Crippen LogP contribution in [0.2, 0.25) is 0 Å². The number of benzene rings is 2. The molecular formula is C24H19ClN2O7. The normalized spacial score (nSPS) is 24.1. The Morgan fingerprint density at radius 1 is 0.824 bits per heavy atom. The summed E-state index contributed by atoms with van der Waals surface area (Å²) in [5.74, 6) is -0.388. The number of pyridine rings is 1. The topological polar surface area (TPSA) is 143 Å². The van der Waals surface area contributed by atoms with Gasteiger partial charge in [0.25, 0.3) is 0 Å². The lowest BCUT2D eigenvalue weighted by Gasteiger charge is -2.40. The fraction of sp³-hybridized carbons (Fsp3) is 0.208. The average Bonchev–Trinajstić information content (AvgIpc) is 3.09. The third kappa shape index (κ3) is 3.54. The van der Waals surface area contributed by atoms with Crippen LogP contribution in [0.3, 0.4) is 0 Å². The molecule has 3 aliphatic heterocycles. The van der Waals surface area contributed by atoms with Crippen molar-refractivity contribution in [2.24, 2.45) is 11.8 Å². The molecule has 2 bridgehead atoms. The number of methoxy groups -OCH3 is 1. The summed E-state index contributed by atoms with van der Waals surface area (Å²) in [6.45, 7) is 0. The maximum atomic E-state index is 13.6. The Hall–Kier alpha value is -3.34. The van der Waals surface area contributed by atoms with E-state index in [1.165, 1.54) is 10.5 Å². The summed E-state index contributed by atoms with van der Waals surface area (Å²) in [6, 6.07) is 21.3. The SMILES string of the molecule is COc1ccc(N2C(=O)C3C4c5ccccc5C(C3C2=O)[n+]2ccccc24)cc1.[O-][Cl+3]([O-])([O-])[O-]. The van der Waals surface area contributed by atoms with Gasteiger partial charge in [0.15, 0.2) is 17.9 Å². The van der Waals surface area contributed by atoms with Crippen molar-refractivity contribution in [1.82, 2.24) is 0 Å². The zero-order chi connectivity index (χ0) is 24.2. The molecule has 174 valence electrons. The van der Waals surface area contributed by atoms with Gasteiger partial charge in [0.1, 0.15) is 11.7 Å². The molecule has 0 N–H and O–H groups in total. The largest absolute Gasteiger partial charge is 0.497 e. The van der Waals surface area contributed by atoms with Crippen LogP contribution in [0, 0.1) is 22.1 Å². The number of nitrogens with zero attached hydrogens (tertiary/aromatic N) is 2. The summed E-state index contributed by atoms with van der Waals surface area (Å²) in [5.41, 5.74) is 4.03. The van der Waals surface area contributed by atoms with E-state index in [-0.39, 0.29) is 35.6 Å². The standard InChI is InChI=1S/C24H19N2O3.ClHO4/c1-29-15-11-9-14(10-12-15)26-23(27)20-19-16-6-2-3-7-17(16)22(21(20)24(26)28)25-13-5-4-8-18(19)25;2-1(3,4)5/h2-13,19-22H,1H3;(H,2,3,4,5)/q+1;/p-1. The second kappa shape index (κ2) is 8.15. The van der Waals surface area contributed by atoms with E-state index in [4.69, 9.17) is 23.4 Å². The maximum Gasteiger partial charge on any atom is 0.244 e. The van der Waals surface area contributed by atoms with Crippen molar-refractivity contribution in [3.63, 3.8) is 0 Å². The van der Waals surface area contributed by atoms with E-state index in [9.17, 15) is 9.59 Å². The summed E-state index contributed by atoms with van der Waals surface area (Å²) in [7, 11) is -3.35. The third-order valence-electron chi connectivity index (χ3n) is 6.62. The van der Waals surface area contributed by atoms with E-state index in [1.54, 1.807) is 31.4 Å². The second-order valence-electron chi connectivity index (χ2n) is 8.22. The molecule has 1 aliphatic carbocycles. The van der Waals surface area contributed by atoms with Gasteiger partial charge in [0.05, 0.1) is 24.6 Å². The molecule has 4 unspecified atom stereocenters. The fourth-order valence-corrected chi connectivity index (χ4v) is 5.48. The molecule has 9 nitrogen and oxygen atoms in total. The van der Waals surface area contributed by atoms with Crippen molar-refractivity contribution < 1.29 is 47.8 Å². The number of rotatable bonds is 2. The Kier molecular flexibility index (Phi) is 5.38. The van der Waals surface area contributed by atoms with Gasteiger partial charge in [-0.15, -0.1) is 10.2 Å². The van der Waals surface area contributed by atoms with Crippen molar-refractivity contribution in [3.05, 3.63) is 89.7 Å². The first-order valence-electron chi connectivity index (χ1n) is 10.4. The van der Waals surface area contributed by atoms with Crippen LogP contribution in [0.25, 0.3) is 0 Å². The number of aromatic nitrogens is 1. The van der Waals surface area contributed by atoms with Gasteiger partial charge < -0.3 is 4.74 Å². The predicted octanol–water partition coefficient (Wildman–Crippen LogP) is -1.92. The highest BCUT2D eigenvalue weighted by atomic mass is 35.7. The Bertz CT molecular complexity index is 1150. The second-order valence-corrected chi connectivity index (χ2v) is 8.98. The Balaban J connectivity index is 0.000000439. The van der Waals surface area contributed by atoms with Crippen molar-refractivity contribution in [1.29, 1.82) is 0 Å². The molecule has 3 aromatic rings. The van der Waals surface area contributed by atoms with E-state index in [1.807, 2.05) is 30.5 Å². The maximum absolute atomic E-state index is 13.6. The average molecular weight is 483 g/mol. The van der Waals surface area contributed by atoms with Gasteiger partial charge in [0, 0.05) is 17.7 Å². The molecule has 4 aliphatic rings. The van der Waals surface area contributed by atoms with Crippen LogP contribution in [0.15, 0.2) is 72.9 Å². The van der Waals surface area contributed by atoms with E-state index >= 15 is 0 Å². The number of halogens is 1. The summed E-state index contributed by atoms with van der Waals surface area (Å²) >= 11 is 0. The third-order valence-corrected chi connectivity index (χ3v) is 6.62. The zero-order valence-electron chi connectivity index (χ0n) is 17.9. The van der Waals surface area contributed by atoms with Gasteiger partial charge >= 0.3 is 0 Å². The molecule has 34 heavy (non-hydrogen) atoms. The number of amides is 2. The highest BCUT2D eigenvalue weighted by Crippen LogP contribution is 2.55. The molecule has 0 radical (unpaired) electrons. The van der Waals surface area contributed by atoms with Crippen molar-refractivity contribution in [3.8, 4) is 5.75 Å². The van der Waals surface area contributed by atoms with Gasteiger partial charge in [-0.2, -0.15) is 4.57 Å². The Labute approximate surface area is 196 Å². The van der Waals surface area contributed by atoms with Gasteiger partial charge in [-0.3, -0.25) is 9.59 Å². The van der Waals surface area contributed by atoms with Crippen LogP contribution >= 0.6 is 0 Å². The molecule has 1 fully saturated rings. The molecule has 0 spiro atoms. The number of carbonyl (C=O) groups is 2. The molecule has 2 aromatic carbocycles. The first kappa shape index (κ1) is 22.5. The van der Waals surface area contributed by atoms with Crippen LogP contribution in [-0.4, -0.2) is 18.9 Å². The lowest BCUT2D eigenvalue weighted by molar-refractivity contribution is -2.00. The monoisotopic (exact) mass is 482 g/mol. The van der Waals surface area contributed by atoms with Crippen molar-refractivity contribution in [2.45, 2.75) is 12.0 Å². The number of anilines is 1. The first-order valence-corrected chi connectivity index (χ1v) is 11.7. The summed E-state index contributed by atoms with van der Waals surface area (Å²) in [5, 5.41) is 0. The van der Waals surface area contributed by atoms with Gasteiger partial charge in [-0.05, 0) is 29.8 Å². The van der Waals surface area contributed by atoms with Crippen LogP contribution in [0.1, 0.15) is 28.8 Å². The molecule has 0 saturated carbocycles. The highest BCUT2D eigenvalue weighted by Gasteiger charge is 2.66. The fourth-order valence-electron chi connectivity index (χ4n) is 5.48. The first-order chi connectivity index (χ1) is 16.2. The molecule has 4 heterocycles. The van der Waals surface area contributed by atoms with Crippen LogP contribution in [-0.2, 0) is 9.59 Å². The minimum Gasteiger partial charge on any atom is -0.497 e. The molecule has 10 heteroatoms. The molecule has 1 saturated heterocycles. The molecule has 2 amide bonds. The van der Waals surface area contributed by atoms with E-state index in [0.717, 1.165) is 11.3 Å². The minimum absolute atomic E-state index is 0.107. The molecule has 7 rings (SSSR count). The van der Waals surface area contributed by atoms with Crippen LogP contribution in [0.5, 0.6) is 5.75 Å². The zero-order valence-corrected chi connectivity index (χ0v) is 18.6. The smallest absolute Gasteiger partial charge is 0.244 e. The van der Waals surface area contributed by atoms with Gasteiger partial charge in [-0.25, -0.2) is 23.5 Å². The number of hydrogen-bond acceptors (Lipinski definition) is 7. The van der Waals surface area contributed by atoms with Gasteiger partial charge in [-0.1, -0.05) is 30.3 Å². The number of carbonyl (C=O) groups excluding carboxylic acids is 2. The summed E-state index contributed by atoms with van der Waals surface area (Å²) in [4.78, 5) is 28.5. The van der Waals surface area contributed by atoms with E-state index < -0.39 is 10.2 Å². The van der Waals surface area contributed by atoms with Crippen molar-refractivity contribution in [2.75, 3.05) is 12.0 Å². The Morgan fingerprint density at radius 2 is 1.41 bits per heavy atom.